The molecule has 6 nitrogen and oxygen atoms in total. The summed E-state index contributed by atoms with van der Waals surface area (Å²) in [7, 11) is -2.57. The van der Waals surface area contributed by atoms with E-state index in [9.17, 15) is 13.2 Å². The van der Waals surface area contributed by atoms with Crippen LogP contribution in [0.4, 0.5) is 11.4 Å². The van der Waals surface area contributed by atoms with Crippen LogP contribution < -0.4 is 9.62 Å². The van der Waals surface area contributed by atoms with Gasteiger partial charge in [-0.15, -0.1) is 11.8 Å². The molecule has 0 saturated carbocycles. The van der Waals surface area contributed by atoms with Crippen molar-refractivity contribution in [3.63, 3.8) is 0 Å². The number of nitrogens with one attached hydrogen (secondary N) is 1. The van der Waals surface area contributed by atoms with Gasteiger partial charge in [-0.2, -0.15) is 0 Å². The maximum Gasteiger partial charge on any atom is 0.339 e. The number of unbranched alkanes of at least 4 members (excludes halogenated alkanes) is 1. The van der Waals surface area contributed by atoms with Crippen molar-refractivity contribution in [3.05, 3.63) is 48.0 Å². The van der Waals surface area contributed by atoms with Crippen molar-refractivity contribution in [1.29, 1.82) is 0 Å². The smallest absolute Gasteiger partial charge is 0.339 e. The molecule has 0 bridgehead atoms. The number of rotatable bonds is 7. The zero-order valence-corrected chi connectivity index (χ0v) is 20.1. The number of hydrogen-bond acceptors (Lipinski definition) is 6. The van der Waals surface area contributed by atoms with Gasteiger partial charge in [-0.1, -0.05) is 44.9 Å². The number of carbonyl (C=O) groups is 1. The van der Waals surface area contributed by atoms with Gasteiger partial charge < -0.3 is 9.64 Å². The molecular formula is C23H30N2O4S2. The SMILES string of the molecule is CCCCC1(CC)CN(c2ccccc2)c2cc(SC)c(C(=O)OC)cc2S(=O)(=O)N1. The first-order chi connectivity index (χ1) is 14.8. The van der Waals surface area contributed by atoms with Gasteiger partial charge in [-0.25, -0.2) is 17.9 Å². The number of esters is 1. The highest BCUT2D eigenvalue weighted by molar-refractivity contribution is 7.98. The van der Waals surface area contributed by atoms with Gasteiger partial charge in [-0.05, 0) is 43.4 Å². The summed E-state index contributed by atoms with van der Waals surface area (Å²) in [5, 5.41) is 0. The van der Waals surface area contributed by atoms with Crippen molar-refractivity contribution < 1.29 is 17.9 Å². The van der Waals surface area contributed by atoms with Gasteiger partial charge in [0.25, 0.3) is 0 Å². The summed E-state index contributed by atoms with van der Waals surface area (Å²) >= 11 is 1.39. The Morgan fingerprint density at radius 3 is 2.52 bits per heavy atom. The molecule has 1 aliphatic heterocycles. The molecule has 1 unspecified atom stereocenters. The van der Waals surface area contributed by atoms with Gasteiger partial charge in [0.1, 0.15) is 4.90 Å². The van der Waals surface area contributed by atoms with Crippen molar-refractivity contribution in [3.8, 4) is 0 Å². The molecule has 3 rings (SSSR count). The van der Waals surface area contributed by atoms with E-state index < -0.39 is 21.5 Å². The molecule has 8 heteroatoms. The van der Waals surface area contributed by atoms with E-state index >= 15 is 0 Å². The van der Waals surface area contributed by atoms with Crippen LogP contribution in [0.1, 0.15) is 49.9 Å². The van der Waals surface area contributed by atoms with Crippen LogP contribution in [-0.2, 0) is 14.8 Å². The first-order valence-corrected chi connectivity index (χ1v) is 13.2. The topological polar surface area (TPSA) is 75.7 Å². The first-order valence-electron chi connectivity index (χ1n) is 10.5. The minimum Gasteiger partial charge on any atom is -0.465 e. The standard InChI is InChI=1S/C23H30N2O4S2/c1-5-7-13-23(6-2)16-25(17-11-9-8-10-12-17)19-15-20(30-4)18(22(26)29-3)14-21(19)31(27,28)24-23/h8-12,14-15,24H,5-7,13,16H2,1-4H3. The number of nitrogens with zero attached hydrogens (tertiary/aromatic N) is 1. The number of benzene rings is 2. The lowest BCUT2D eigenvalue weighted by atomic mass is 9.89. The van der Waals surface area contributed by atoms with Crippen LogP contribution in [0.2, 0.25) is 0 Å². The molecule has 1 atom stereocenters. The van der Waals surface area contributed by atoms with Gasteiger partial charge in [0.05, 0.1) is 23.9 Å². The number of carbonyl (C=O) groups excluding carboxylic acids is 1. The summed E-state index contributed by atoms with van der Waals surface area (Å²) < 4.78 is 35.1. The molecule has 0 saturated heterocycles. The summed E-state index contributed by atoms with van der Waals surface area (Å²) in [5.41, 5.74) is 1.12. The lowest BCUT2D eigenvalue weighted by Gasteiger charge is -2.36. The maximum absolute atomic E-state index is 13.6. The lowest BCUT2D eigenvalue weighted by molar-refractivity contribution is 0.0596. The minimum absolute atomic E-state index is 0.0985. The van der Waals surface area contributed by atoms with Crippen LogP contribution in [0.25, 0.3) is 0 Å². The first kappa shape index (κ1) is 23.6. The average Bonchev–Trinajstić information content (AvgIpc) is 2.89. The number of sulfonamides is 1. The Bertz CT molecular complexity index is 1040. The number of anilines is 2. The highest BCUT2D eigenvalue weighted by Gasteiger charge is 2.41. The average molecular weight is 463 g/mol. The molecule has 0 spiro atoms. The van der Waals surface area contributed by atoms with Gasteiger partial charge >= 0.3 is 5.97 Å². The summed E-state index contributed by atoms with van der Waals surface area (Å²) in [6.45, 7) is 4.63. The van der Waals surface area contributed by atoms with Crippen LogP contribution in [0.3, 0.4) is 0 Å². The largest absolute Gasteiger partial charge is 0.465 e. The monoisotopic (exact) mass is 462 g/mol. The third kappa shape index (κ3) is 4.76. The highest BCUT2D eigenvalue weighted by atomic mass is 32.2. The van der Waals surface area contributed by atoms with Crippen molar-refractivity contribution in [1.82, 2.24) is 4.72 Å². The zero-order valence-electron chi connectivity index (χ0n) is 18.5. The molecule has 1 aliphatic rings. The molecule has 0 amide bonds. The molecule has 2 aromatic rings. The summed E-state index contributed by atoms with van der Waals surface area (Å²) in [6, 6.07) is 13.0. The van der Waals surface area contributed by atoms with E-state index in [-0.39, 0.29) is 10.5 Å². The number of methoxy groups -OCH3 is 1. The second-order valence-corrected chi connectivity index (χ2v) is 10.3. The van der Waals surface area contributed by atoms with Gasteiger partial charge in [0.15, 0.2) is 0 Å². The Kier molecular flexibility index (Phi) is 7.34. The van der Waals surface area contributed by atoms with Crippen LogP contribution in [-0.4, -0.2) is 39.8 Å². The van der Waals surface area contributed by atoms with E-state index in [1.165, 1.54) is 24.9 Å². The quantitative estimate of drug-likeness (QED) is 0.463. The predicted molar refractivity (Wildman–Crippen MR) is 126 cm³/mol. The maximum atomic E-state index is 13.6. The Morgan fingerprint density at radius 1 is 1.23 bits per heavy atom. The molecule has 1 heterocycles. The number of ether oxygens (including phenoxy) is 1. The number of thioether (sulfide) groups is 1. The molecule has 1 N–H and O–H groups in total. The van der Waals surface area contributed by atoms with E-state index in [1.54, 1.807) is 6.07 Å². The van der Waals surface area contributed by atoms with Crippen molar-refractivity contribution in [2.45, 2.75) is 54.9 Å². The number of hydrogen-bond donors (Lipinski definition) is 1. The molecule has 0 aromatic heterocycles. The van der Waals surface area contributed by atoms with Crippen molar-refractivity contribution >= 4 is 39.1 Å². The Balaban J connectivity index is 2.30. The van der Waals surface area contributed by atoms with Crippen molar-refractivity contribution in [2.75, 3.05) is 24.8 Å². The Labute approximate surface area is 189 Å². The third-order valence-electron chi connectivity index (χ3n) is 5.83. The van der Waals surface area contributed by atoms with E-state index in [1.807, 2.05) is 43.5 Å². The Hall–Kier alpha value is -2.03. The van der Waals surface area contributed by atoms with E-state index in [4.69, 9.17) is 4.74 Å². The summed E-state index contributed by atoms with van der Waals surface area (Å²) in [5.74, 6) is -0.550. The normalized spacial score (nSPS) is 20.1. The van der Waals surface area contributed by atoms with Crippen LogP contribution in [0.5, 0.6) is 0 Å². The fourth-order valence-electron chi connectivity index (χ4n) is 4.02. The summed E-state index contributed by atoms with van der Waals surface area (Å²) in [4.78, 5) is 15.2. The second kappa shape index (κ2) is 9.63. The van der Waals surface area contributed by atoms with Crippen LogP contribution >= 0.6 is 11.8 Å². The molecule has 168 valence electrons. The van der Waals surface area contributed by atoms with Crippen molar-refractivity contribution in [2.24, 2.45) is 0 Å². The molecular weight excluding hydrogens is 432 g/mol. The molecule has 0 radical (unpaired) electrons. The Morgan fingerprint density at radius 2 is 1.94 bits per heavy atom. The fraction of sp³-hybridized carbons (Fsp3) is 0.435. The third-order valence-corrected chi connectivity index (χ3v) is 8.22. The fourth-order valence-corrected chi connectivity index (χ4v) is 6.32. The van der Waals surface area contributed by atoms with Gasteiger partial charge in [-0.3, -0.25) is 0 Å². The second-order valence-electron chi connectivity index (χ2n) is 7.78. The van der Waals surface area contributed by atoms with Crippen LogP contribution in [0, 0.1) is 0 Å². The molecule has 2 aromatic carbocycles. The predicted octanol–water partition coefficient (Wildman–Crippen LogP) is 4.96. The van der Waals surface area contributed by atoms with E-state index in [0.717, 1.165) is 24.9 Å². The highest BCUT2D eigenvalue weighted by Crippen LogP contribution is 2.41. The van der Waals surface area contributed by atoms with Gasteiger partial charge in [0.2, 0.25) is 10.0 Å². The molecule has 0 fully saturated rings. The van der Waals surface area contributed by atoms with Gasteiger partial charge in [0, 0.05) is 17.1 Å². The van der Waals surface area contributed by atoms with E-state index in [0.29, 0.717) is 23.5 Å². The lowest BCUT2D eigenvalue weighted by Crippen LogP contribution is -2.52. The number of fused-ring (bicyclic) bond motifs is 1. The minimum atomic E-state index is -3.87. The van der Waals surface area contributed by atoms with E-state index in [2.05, 4.69) is 16.5 Å². The number of para-hydroxylation sites is 1. The zero-order chi connectivity index (χ0) is 22.6. The molecule has 0 aliphatic carbocycles. The summed E-state index contributed by atoms with van der Waals surface area (Å²) in [6.07, 6.45) is 5.14. The molecule has 31 heavy (non-hydrogen) atoms. The van der Waals surface area contributed by atoms with Crippen LogP contribution in [0.15, 0.2) is 52.3 Å².